The van der Waals surface area contributed by atoms with E-state index in [9.17, 15) is 9.18 Å². The molecule has 0 aliphatic heterocycles. The molecule has 2 aromatic carbocycles. The van der Waals surface area contributed by atoms with E-state index >= 15 is 0 Å². The number of carbonyl (C=O) groups excluding carboxylic acids is 1. The van der Waals surface area contributed by atoms with Gasteiger partial charge in [0, 0.05) is 13.6 Å². The van der Waals surface area contributed by atoms with E-state index in [1.54, 1.807) is 43.1 Å². The lowest BCUT2D eigenvalue weighted by Gasteiger charge is -2.22. The van der Waals surface area contributed by atoms with Crippen LogP contribution < -0.4 is 4.74 Å². The standard InChI is InChI=1S/C18H19ClFNO2/c1-12-4-9-16(19)17(10-12)23-13(2)18(22)21(3)11-14-5-7-15(20)8-6-14/h4-10,13H,11H2,1-3H3. The first-order valence-corrected chi connectivity index (χ1v) is 7.67. The van der Waals surface area contributed by atoms with Crippen molar-refractivity contribution in [2.24, 2.45) is 0 Å². The van der Waals surface area contributed by atoms with Gasteiger partial charge in [-0.3, -0.25) is 4.79 Å². The van der Waals surface area contributed by atoms with E-state index in [-0.39, 0.29) is 11.7 Å². The van der Waals surface area contributed by atoms with E-state index in [0.29, 0.717) is 17.3 Å². The lowest BCUT2D eigenvalue weighted by molar-refractivity contribution is -0.137. The molecule has 0 aromatic heterocycles. The molecule has 1 atom stereocenters. The Bertz CT molecular complexity index is 688. The maximum Gasteiger partial charge on any atom is 0.263 e. The average Bonchev–Trinajstić information content (AvgIpc) is 2.52. The molecule has 0 aliphatic carbocycles. The topological polar surface area (TPSA) is 29.5 Å². The Hall–Kier alpha value is -2.07. The van der Waals surface area contributed by atoms with Crippen LogP contribution in [-0.2, 0) is 11.3 Å². The molecule has 5 heteroatoms. The highest BCUT2D eigenvalue weighted by Gasteiger charge is 2.20. The minimum Gasteiger partial charge on any atom is -0.479 e. The number of hydrogen-bond donors (Lipinski definition) is 0. The predicted molar refractivity (Wildman–Crippen MR) is 89.2 cm³/mol. The fourth-order valence-electron chi connectivity index (χ4n) is 2.19. The summed E-state index contributed by atoms with van der Waals surface area (Å²) in [5, 5.41) is 0.469. The first-order chi connectivity index (χ1) is 10.9. The van der Waals surface area contributed by atoms with Gasteiger partial charge in [-0.25, -0.2) is 4.39 Å². The van der Waals surface area contributed by atoms with Gasteiger partial charge < -0.3 is 9.64 Å². The van der Waals surface area contributed by atoms with Gasteiger partial charge in [-0.05, 0) is 49.2 Å². The number of aryl methyl sites for hydroxylation is 1. The zero-order valence-electron chi connectivity index (χ0n) is 13.3. The van der Waals surface area contributed by atoms with Crippen molar-refractivity contribution in [3.63, 3.8) is 0 Å². The Morgan fingerprint density at radius 2 is 1.91 bits per heavy atom. The van der Waals surface area contributed by atoms with Crippen LogP contribution in [0, 0.1) is 12.7 Å². The molecule has 0 bridgehead atoms. The second kappa shape index (κ2) is 7.47. The van der Waals surface area contributed by atoms with Crippen molar-refractivity contribution in [3.05, 3.63) is 64.4 Å². The molecule has 0 radical (unpaired) electrons. The van der Waals surface area contributed by atoms with Crippen LogP contribution in [0.3, 0.4) is 0 Å². The van der Waals surface area contributed by atoms with E-state index in [1.165, 1.54) is 12.1 Å². The first kappa shape index (κ1) is 17.3. The Labute approximate surface area is 140 Å². The van der Waals surface area contributed by atoms with Crippen LogP contribution in [0.1, 0.15) is 18.1 Å². The molecule has 0 N–H and O–H groups in total. The number of hydrogen-bond acceptors (Lipinski definition) is 2. The van der Waals surface area contributed by atoms with Crippen molar-refractivity contribution in [2.75, 3.05) is 7.05 Å². The highest BCUT2D eigenvalue weighted by molar-refractivity contribution is 6.32. The number of carbonyl (C=O) groups is 1. The molecule has 2 rings (SSSR count). The molecular formula is C18H19ClFNO2. The monoisotopic (exact) mass is 335 g/mol. The number of rotatable bonds is 5. The quantitative estimate of drug-likeness (QED) is 0.819. The highest BCUT2D eigenvalue weighted by atomic mass is 35.5. The molecule has 2 aromatic rings. The van der Waals surface area contributed by atoms with Gasteiger partial charge >= 0.3 is 0 Å². The number of likely N-dealkylation sites (N-methyl/N-ethyl adjacent to an activating group) is 1. The van der Waals surface area contributed by atoms with Crippen LogP contribution in [-0.4, -0.2) is 24.0 Å². The van der Waals surface area contributed by atoms with Crippen LogP contribution in [0.2, 0.25) is 5.02 Å². The number of nitrogens with zero attached hydrogens (tertiary/aromatic N) is 1. The summed E-state index contributed by atoms with van der Waals surface area (Å²) in [5.41, 5.74) is 1.85. The van der Waals surface area contributed by atoms with Gasteiger partial charge in [-0.2, -0.15) is 0 Å². The summed E-state index contributed by atoms with van der Waals surface area (Å²) in [6.07, 6.45) is -0.667. The first-order valence-electron chi connectivity index (χ1n) is 7.29. The Balaban J connectivity index is 2.00. The van der Waals surface area contributed by atoms with Gasteiger partial charge in [-0.15, -0.1) is 0 Å². The Kier molecular flexibility index (Phi) is 5.61. The third kappa shape index (κ3) is 4.70. The molecule has 0 saturated heterocycles. The number of ether oxygens (including phenoxy) is 1. The largest absolute Gasteiger partial charge is 0.479 e. The van der Waals surface area contributed by atoms with Crippen LogP contribution in [0.15, 0.2) is 42.5 Å². The van der Waals surface area contributed by atoms with Gasteiger partial charge in [0.25, 0.3) is 5.91 Å². The summed E-state index contributed by atoms with van der Waals surface area (Å²) in [6, 6.07) is 11.5. The molecule has 1 unspecified atom stereocenters. The van der Waals surface area contributed by atoms with E-state index in [0.717, 1.165) is 11.1 Å². The second-order valence-electron chi connectivity index (χ2n) is 5.51. The molecule has 1 amide bonds. The minimum atomic E-state index is -0.667. The zero-order chi connectivity index (χ0) is 17.0. The van der Waals surface area contributed by atoms with Gasteiger partial charge in [0.15, 0.2) is 6.10 Å². The third-order valence-corrected chi connectivity index (χ3v) is 3.76. The fraction of sp³-hybridized carbons (Fsp3) is 0.278. The van der Waals surface area contributed by atoms with Crippen molar-refractivity contribution in [1.82, 2.24) is 4.90 Å². The van der Waals surface area contributed by atoms with E-state index in [1.807, 2.05) is 13.0 Å². The van der Waals surface area contributed by atoms with Gasteiger partial charge in [0.05, 0.1) is 5.02 Å². The summed E-state index contributed by atoms with van der Waals surface area (Å²) >= 11 is 6.08. The third-order valence-electron chi connectivity index (χ3n) is 3.45. The van der Waals surface area contributed by atoms with Gasteiger partial charge in [0.1, 0.15) is 11.6 Å². The van der Waals surface area contributed by atoms with E-state index in [4.69, 9.17) is 16.3 Å². The Morgan fingerprint density at radius 1 is 1.26 bits per heavy atom. The minimum absolute atomic E-state index is 0.174. The number of benzene rings is 2. The summed E-state index contributed by atoms with van der Waals surface area (Å²) in [4.78, 5) is 13.9. The molecule has 23 heavy (non-hydrogen) atoms. The number of halogens is 2. The summed E-state index contributed by atoms with van der Waals surface area (Å²) in [5.74, 6) is 0.0168. The Morgan fingerprint density at radius 3 is 2.57 bits per heavy atom. The average molecular weight is 336 g/mol. The smallest absolute Gasteiger partial charge is 0.263 e. The molecule has 0 heterocycles. The van der Waals surface area contributed by atoms with Crippen molar-refractivity contribution in [3.8, 4) is 5.75 Å². The highest BCUT2D eigenvalue weighted by Crippen LogP contribution is 2.26. The lowest BCUT2D eigenvalue weighted by Crippen LogP contribution is -2.37. The molecule has 3 nitrogen and oxygen atoms in total. The summed E-state index contributed by atoms with van der Waals surface area (Å²) < 4.78 is 18.6. The molecule has 0 saturated carbocycles. The van der Waals surface area contributed by atoms with Crippen molar-refractivity contribution in [2.45, 2.75) is 26.5 Å². The van der Waals surface area contributed by atoms with Crippen molar-refractivity contribution in [1.29, 1.82) is 0 Å². The normalized spacial score (nSPS) is 11.9. The summed E-state index contributed by atoms with van der Waals surface area (Å²) in [7, 11) is 1.68. The van der Waals surface area contributed by atoms with Gasteiger partial charge in [0.2, 0.25) is 0 Å². The van der Waals surface area contributed by atoms with E-state index < -0.39 is 6.10 Å². The SMILES string of the molecule is Cc1ccc(Cl)c(OC(C)C(=O)N(C)Cc2ccc(F)cc2)c1. The van der Waals surface area contributed by atoms with Gasteiger partial charge in [-0.1, -0.05) is 29.8 Å². The maximum atomic E-state index is 12.9. The van der Waals surface area contributed by atoms with Crippen LogP contribution >= 0.6 is 11.6 Å². The van der Waals surface area contributed by atoms with Crippen LogP contribution in [0.5, 0.6) is 5.75 Å². The second-order valence-corrected chi connectivity index (χ2v) is 5.92. The lowest BCUT2D eigenvalue weighted by atomic mass is 10.2. The fourth-order valence-corrected chi connectivity index (χ4v) is 2.36. The van der Waals surface area contributed by atoms with Crippen LogP contribution in [0.4, 0.5) is 4.39 Å². The van der Waals surface area contributed by atoms with Crippen LogP contribution in [0.25, 0.3) is 0 Å². The summed E-state index contributed by atoms with van der Waals surface area (Å²) in [6.45, 7) is 3.99. The molecular weight excluding hydrogens is 317 g/mol. The number of amides is 1. The van der Waals surface area contributed by atoms with Crippen molar-refractivity contribution >= 4 is 17.5 Å². The maximum absolute atomic E-state index is 12.9. The molecule has 122 valence electrons. The van der Waals surface area contributed by atoms with Crippen molar-refractivity contribution < 1.29 is 13.9 Å². The molecule has 0 fully saturated rings. The molecule has 0 spiro atoms. The zero-order valence-corrected chi connectivity index (χ0v) is 14.1. The van der Waals surface area contributed by atoms with E-state index in [2.05, 4.69) is 0 Å². The predicted octanol–water partition coefficient (Wildman–Crippen LogP) is 4.21. The molecule has 0 aliphatic rings.